The molecule has 1 aliphatic heterocycles. The van der Waals surface area contributed by atoms with Gasteiger partial charge in [0.15, 0.2) is 0 Å². The second kappa shape index (κ2) is 13.1. The smallest absolute Gasteiger partial charge is 0.243 e. The fraction of sp³-hybridized carbons (Fsp3) is 0.370. The predicted octanol–water partition coefficient (Wildman–Crippen LogP) is 4.37. The quantitative estimate of drug-likeness (QED) is 0.325. The molecule has 3 aromatic rings. The summed E-state index contributed by atoms with van der Waals surface area (Å²) < 4.78 is 34.9. The van der Waals surface area contributed by atoms with Crippen molar-refractivity contribution in [3.05, 3.63) is 86.5 Å². The zero-order valence-corrected chi connectivity index (χ0v) is 24.1. The standard InChI is InChI=1S/C27H32BrN3O4S2/c1-22-7-10-25(36-22)20-30(19-23-5-3-2-4-6-23)27(32)21-31(14-13-29-15-17-35-18-16-29)37(33,34)26-11-8-24(28)9-12-26/h2-12H,13-21H2,1H3. The van der Waals surface area contributed by atoms with Gasteiger partial charge in [-0.05, 0) is 48.9 Å². The van der Waals surface area contributed by atoms with Gasteiger partial charge in [0.25, 0.3) is 0 Å². The minimum absolute atomic E-state index is 0.175. The summed E-state index contributed by atoms with van der Waals surface area (Å²) in [6.45, 7) is 6.17. The van der Waals surface area contributed by atoms with Crippen molar-refractivity contribution < 1.29 is 17.9 Å². The molecule has 0 atom stereocenters. The Labute approximate surface area is 231 Å². The van der Waals surface area contributed by atoms with E-state index < -0.39 is 10.0 Å². The molecule has 1 aromatic heterocycles. The summed E-state index contributed by atoms with van der Waals surface area (Å²) in [5.74, 6) is -0.224. The number of rotatable bonds is 11. The number of nitrogens with zero attached hydrogens (tertiary/aromatic N) is 3. The highest BCUT2D eigenvalue weighted by Gasteiger charge is 2.29. The average molecular weight is 607 g/mol. The maximum Gasteiger partial charge on any atom is 0.243 e. The van der Waals surface area contributed by atoms with Gasteiger partial charge in [0.05, 0.1) is 31.2 Å². The third kappa shape index (κ3) is 7.95. The van der Waals surface area contributed by atoms with Gasteiger partial charge in [-0.3, -0.25) is 9.69 Å². The van der Waals surface area contributed by atoms with E-state index in [4.69, 9.17) is 4.74 Å². The molecule has 0 spiro atoms. The zero-order chi connectivity index (χ0) is 26.3. The molecule has 4 rings (SSSR count). The Morgan fingerprint density at radius 3 is 2.35 bits per heavy atom. The Balaban J connectivity index is 1.57. The molecular weight excluding hydrogens is 574 g/mol. The number of morpholine rings is 1. The number of halogens is 1. The van der Waals surface area contributed by atoms with Crippen LogP contribution in [0.15, 0.2) is 76.1 Å². The molecule has 0 N–H and O–H groups in total. The zero-order valence-electron chi connectivity index (χ0n) is 20.9. The summed E-state index contributed by atoms with van der Waals surface area (Å²) in [4.78, 5) is 20.1. The monoisotopic (exact) mass is 605 g/mol. The fourth-order valence-corrected chi connectivity index (χ4v) is 6.71. The van der Waals surface area contributed by atoms with Gasteiger partial charge >= 0.3 is 0 Å². The lowest BCUT2D eigenvalue weighted by molar-refractivity contribution is -0.132. The summed E-state index contributed by atoms with van der Waals surface area (Å²) in [7, 11) is -3.88. The first-order valence-corrected chi connectivity index (χ1v) is 15.3. The first kappa shape index (κ1) is 27.9. The number of sulfonamides is 1. The highest BCUT2D eigenvalue weighted by molar-refractivity contribution is 9.10. The predicted molar refractivity (Wildman–Crippen MR) is 150 cm³/mol. The molecule has 7 nitrogen and oxygen atoms in total. The minimum Gasteiger partial charge on any atom is -0.379 e. The van der Waals surface area contributed by atoms with E-state index in [-0.39, 0.29) is 23.9 Å². The van der Waals surface area contributed by atoms with E-state index in [0.717, 1.165) is 28.0 Å². The Bertz CT molecular complexity index is 1260. The van der Waals surface area contributed by atoms with Gasteiger partial charge in [0.1, 0.15) is 0 Å². The number of benzene rings is 2. The molecule has 0 saturated carbocycles. The Kier molecular flexibility index (Phi) is 9.91. The molecule has 1 aliphatic rings. The molecule has 0 unspecified atom stereocenters. The highest BCUT2D eigenvalue weighted by atomic mass is 79.9. The van der Waals surface area contributed by atoms with Crippen molar-refractivity contribution in [3.63, 3.8) is 0 Å². The van der Waals surface area contributed by atoms with Crippen LogP contribution in [0, 0.1) is 6.92 Å². The van der Waals surface area contributed by atoms with Crippen LogP contribution < -0.4 is 0 Å². The number of carbonyl (C=O) groups is 1. The minimum atomic E-state index is -3.88. The highest BCUT2D eigenvalue weighted by Crippen LogP contribution is 2.22. The summed E-state index contributed by atoms with van der Waals surface area (Å²) in [6, 6.07) is 20.4. The summed E-state index contributed by atoms with van der Waals surface area (Å²) in [6.07, 6.45) is 0. The number of hydrogen-bond donors (Lipinski definition) is 0. The SMILES string of the molecule is Cc1ccc(CN(Cc2ccccc2)C(=O)CN(CCN2CCOCC2)S(=O)(=O)c2ccc(Br)cc2)s1. The molecule has 0 aliphatic carbocycles. The molecular formula is C27H32BrN3O4S2. The third-order valence-electron chi connectivity index (χ3n) is 6.24. The van der Waals surface area contributed by atoms with Crippen molar-refractivity contribution in [2.45, 2.75) is 24.9 Å². The van der Waals surface area contributed by atoms with Gasteiger partial charge in [0.2, 0.25) is 15.9 Å². The molecule has 1 amide bonds. The van der Waals surface area contributed by atoms with Crippen LogP contribution >= 0.6 is 27.3 Å². The van der Waals surface area contributed by atoms with Crippen molar-refractivity contribution in [1.82, 2.24) is 14.1 Å². The molecule has 2 aromatic carbocycles. The van der Waals surface area contributed by atoms with Gasteiger partial charge in [-0.2, -0.15) is 4.31 Å². The van der Waals surface area contributed by atoms with E-state index in [1.54, 1.807) is 40.5 Å². The van der Waals surface area contributed by atoms with E-state index in [2.05, 4.69) is 20.8 Å². The lowest BCUT2D eigenvalue weighted by atomic mass is 10.2. The fourth-order valence-electron chi connectivity index (χ4n) is 4.16. The first-order chi connectivity index (χ1) is 17.8. The van der Waals surface area contributed by atoms with Crippen LogP contribution in [0.3, 0.4) is 0 Å². The maximum absolute atomic E-state index is 13.7. The number of carbonyl (C=O) groups excluding carboxylic acids is 1. The van der Waals surface area contributed by atoms with Crippen molar-refractivity contribution in [2.24, 2.45) is 0 Å². The topological polar surface area (TPSA) is 70.2 Å². The molecule has 1 fully saturated rings. The van der Waals surface area contributed by atoms with E-state index in [1.165, 1.54) is 9.18 Å². The van der Waals surface area contributed by atoms with Gasteiger partial charge in [0, 0.05) is 47.0 Å². The molecule has 2 heterocycles. The number of aryl methyl sites for hydroxylation is 1. The van der Waals surface area contributed by atoms with Crippen LogP contribution in [0.25, 0.3) is 0 Å². The normalized spacial score (nSPS) is 14.7. The van der Waals surface area contributed by atoms with Crippen LogP contribution in [-0.2, 0) is 32.6 Å². The van der Waals surface area contributed by atoms with Gasteiger partial charge in [-0.25, -0.2) is 8.42 Å². The lowest BCUT2D eigenvalue weighted by Crippen LogP contribution is -2.46. The van der Waals surface area contributed by atoms with E-state index in [9.17, 15) is 13.2 Å². The van der Waals surface area contributed by atoms with Gasteiger partial charge in [-0.15, -0.1) is 11.3 Å². The van der Waals surface area contributed by atoms with Crippen LogP contribution in [0.5, 0.6) is 0 Å². The van der Waals surface area contributed by atoms with Crippen LogP contribution in [0.2, 0.25) is 0 Å². The molecule has 198 valence electrons. The Morgan fingerprint density at radius 2 is 1.70 bits per heavy atom. The first-order valence-electron chi connectivity index (χ1n) is 12.2. The van der Waals surface area contributed by atoms with Crippen molar-refractivity contribution in [1.29, 1.82) is 0 Å². The van der Waals surface area contributed by atoms with Crippen molar-refractivity contribution in [2.75, 3.05) is 45.9 Å². The molecule has 0 radical (unpaired) electrons. The van der Waals surface area contributed by atoms with Crippen molar-refractivity contribution >= 4 is 43.2 Å². The number of amides is 1. The summed E-state index contributed by atoms with van der Waals surface area (Å²) in [5.41, 5.74) is 1.000. The second-order valence-corrected chi connectivity index (χ2v) is 13.2. The van der Waals surface area contributed by atoms with Crippen LogP contribution in [-0.4, -0.2) is 74.4 Å². The van der Waals surface area contributed by atoms with E-state index >= 15 is 0 Å². The Hall–Kier alpha value is -2.08. The summed E-state index contributed by atoms with van der Waals surface area (Å²) >= 11 is 5.02. The van der Waals surface area contributed by atoms with E-state index in [0.29, 0.717) is 32.8 Å². The second-order valence-electron chi connectivity index (χ2n) is 8.99. The van der Waals surface area contributed by atoms with Gasteiger partial charge in [-0.1, -0.05) is 46.3 Å². The molecule has 0 bridgehead atoms. The third-order valence-corrected chi connectivity index (χ3v) is 9.62. The molecule has 10 heteroatoms. The largest absolute Gasteiger partial charge is 0.379 e. The van der Waals surface area contributed by atoms with E-state index in [1.807, 2.05) is 49.4 Å². The van der Waals surface area contributed by atoms with Gasteiger partial charge < -0.3 is 9.64 Å². The lowest BCUT2D eigenvalue weighted by Gasteiger charge is -2.31. The van der Waals surface area contributed by atoms with Crippen molar-refractivity contribution in [3.8, 4) is 0 Å². The molecule has 37 heavy (non-hydrogen) atoms. The molecule has 1 saturated heterocycles. The van der Waals surface area contributed by atoms with Crippen LogP contribution in [0.1, 0.15) is 15.3 Å². The summed E-state index contributed by atoms with van der Waals surface area (Å²) in [5, 5.41) is 0. The number of ether oxygens (including phenoxy) is 1. The maximum atomic E-state index is 13.7. The number of thiophene rings is 1. The number of hydrogen-bond acceptors (Lipinski definition) is 6. The average Bonchev–Trinajstić information content (AvgIpc) is 3.31. The van der Waals surface area contributed by atoms with Crippen LogP contribution in [0.4, 0.5) is 0 Å². The Morgan fingerprint density at radius 1 is 1.00 bits per heavy atom.